The van der Waals surface area contributed by atoms with Crippen LogP contribution >= 0.6 is 0 Å². The summed E-state index contributed by atoms with van der Waals surface area (Å²) in [5.41, 5.74) is 0. The molecule has 0 radical (unpaired) electrons. The summed E-state index contributed by atoms with van der Waals surface area (Å²) < 4.78 is 18.1. The molecule has 0 amide bonds. The molecule has 1 aromatic carbocycles. The summed E-state index contributed by atoms with van der Waals surface area (Å²) in [5.74, 6) is 0. The average Bonchev–Trinajstić information content (AvgIpc) is 2.48. The number of rotatable bonds is 11. The van der Waals surface area contributed by atoms with Gasteiger partial charge in [0.2, 0.25) is 0 Å². The molecule has 0 bridgehead atoms. The number of benzene rings is 1. The van der Waals surface area contributed by atoms with Crippen molar-refractivity contribution in [1.29, 1.82) is 0 Å². The second-order valence-electron chi connectivity index (χ2n) is 4.70. The molecule has 0 atom stereocenters. The molecule has 0 spiro atoms. The van der Waals surface area contributed by atoms with Gasteiger partial charge in [0.15, 0.2) is 0 Å². The van der Waals surface area contributed by atoms with E-state index >= 15 is 0 Å². The Morgan fingerprint density at radius 3 is 2.00 bits per heavy atom. The van der Waals surface area contributed by atoms with E-state index in [0.717, 1.165) is 11.6 Å². The Morgan fingerprint density at radius 1 is 0.800 bits per heavy atom. The lowest BCUT2D eigenvalue weighted by Crippen LogP contribution is -2.57. The molecule has 0 aliphatic carbocycles. The van der Waals surface area contributed by atoms with Gasteiger partial charge in [-0.2, -0.15) is 0 Å². The molecule has 1 aromatic rings. The molecule has 0 heterocycles. The van der Waals surface area contributed by atoms with Crippen molar-refractivity contribution >= 4 is 14.0 Å². The van der Waals surface area contributed by atoms with Crippen LogP contribution in [0.5, 0.6) is 0 Å². The summed E-state index contributed by atoms with van der Waals surface area (Å²) in [6, 6.07) is 10.1. The lowest BCUT2D eigenvalue weighted by atomic mass is 10.2. The fourth-order valence-corrected chi connectivity index (χ4v) is 4.66. The zero-order valence-electron chi connectivity index (χ0n) is 13.1. The Balaban J connectivity index is 2.72. The fraction of sp³-hybridized carbons (Fsp3) is 0.625. The van der Waals surface area contributed by atoms with E-state index in [1.807, 2.05) is 44.2 Å². The molecule has 114 valence electrons. The number of hydrogen-bond acceptors (Lipinski definition) is 3. The Bertz CT molecular complexity index is 337. The summed E-state index contributed by atoms with van der Waals surface area (Å²) in [4.78, 5) is 0. The van der Waals surface area contributed by atoms with Crippen LogP contribution in [0.25, 0.3) is 0 Å². The summed E-state index contributed by atoms with van der Waals surface area (Å²) in [7, 11) is -2.73. The van der Waals surface area contributed by atoms with Gasteiger partial charge in [0.25, 0.3) is 0 Å². The van der Waals surface area contributed by atoms with Crippen LogP contribution < -0.4 is 5.19 Å². The number of hydrogen-bond donors (Lipinski definition) is 0. The van der Waals surface area contributed by atoms with Gasteiger partial charge in [0.1, 0.15) is 0 Å². The second kappa shape index (κ2) is 10.1. The van der Waals surface area contributed by atoms with Crippen molar-refractivity contribution < 1.29 is 13.3 Å². The highest BCUT2D eigenvalue weighted by Gasteiger charge is 2.43. The summed E-state index contributed by atoms with van der Waals surface area (Å²) in [6.07, 6.45) is 4.76. The topological polar surface area (TPSA) is 27.7 Å². The van der Waals surface area contributed by atoms with E-state index in [-0.39, 0.29) is 0 Å². The first-order valence-electron chi connectivity index (χ1n) is 7.76. The molecule has 0 aromatic heterocycles. The van der Waals surface area contributed by atoms with E-state index in [1.165, 1.54) is 19.3 Å². The lowest BCUT2D eigenvalue weighted by molar-refractivity contribution is 0.0799. The minimum Gasteiger partial charge on any atom is -0.370 e. The van der Waals surface area contributed by atoms with E-state index in [0.29, 0.717) is 19.8 Å². The second-order valence-corrected chi connectivity index (χ2v) is 7.25. The van der Waals surface area contributed by atoms with Crippen LogP contribution in [-0.4, -0.2) is 28.6 Å². The minimum absolute atomic E-state index is 0.607. The SMILES string of the molecule is CCCCCCO[Si](OCC)(OCC)c1ccccc1. The minimum atomic E-state index is -2.73. The Hall–Kier alpha value is -0.683. The zero-order valence-corrected chi connectivity index (χ0v) is 14.1. The molecule has 0 saturated heterocycles. The molecule has 0 unspecified atom stereocenters. The summed E-state index contributed by atoms with van der Waals surface area (Å²) in [6.45, 7) is 8.12. The van der Waals surface area contributed by atoms with Crippen LogP contribution in [0.3, 0.4) is 0 Å². The van der Waals surface area contributed by atoms with Crippen LogP contribution in [0.15, 0.2) is 30.3 Å². The third-order valence-electron chi connectivity index (χ3n) is 3.09. The fourth-order valence-electron chi connectivity index (χ4n) is 2.13. The van der Waals surface area contributed by atoms with Crippen molar-refractivity contribution in [2.45, 2.75) is 46.5 Å². The van der Waals surface area contributed by atoms with Crippen LogP contribution in [0.2, 0.25) is 0 Å². The van der Waals surface area contributed by atoms with Crippen molar-refractivity contribution in [3.63, 3.8) is 0 Å². The maximum atomic E-state index is 6.14. The normalized spacial score (nSPS) is 11.8. The molecular formula is C16H28O3Si. The maximum absolute atomic E-state index is 6.14. The first-order chi connectivity index (χ1) is 9.79. The molecule has 0 N–H and O–H groups in total. The molecule has 0 fully saturated rings. The molecular weight excluding hydrogens is 268 g/mol. The van der Waals surface area contributed by atoms with Gasteiger partial charge in [-0.3, -0.25) is 0 Å². The zero-order chi connectivity index (χ0) is 14.7. The highest BCUT2D eigenvalue weighted by atomic mass is 28.4. The molecule has 1 rings (SSSR count). The van der Waals surface area contributed by atoms with Crippen LogP contribution in [-0.2, 0) is 13.3 Å². The summed E-state index contributed by atoms with van der Waals surface area (Å²) in [5, 5.41) is 1.05. The molecule has 4 heteroatoms. The predicted octanol–water partition coefficient (Wildman–Crippen LogP) is 3.50. The van der Waals surface area contributed by atoms with Gasteiger partial charge in [-0.1, -0.05) is 56.5 Å². The van der Waals surface area contributed by atoms with Gasteiger partial charge in [-0.05, 0) is 20.3 Å². The molecule has 3 nitrogen and oxygen atoms in total. The molecule has 0 aliphatic rings. The van der Waals surface area contributed by atoms with Crippen LogP contribution in [0.1, 0.15) is 46.5 Å². The largest absolute Gasteiger partial charge is 0.537 e. The third kappa shape index (κ3) is 5.36. The van der Waals surface area contributed by atoms with E-state index in [2.05, 4.69) is 6.92 Å². The van der Waals surface area contributed by atoms with Crippen LogP contribution in [0.4, 0.5) is 0 Å². The highest BCUT2D eigenvalue weighted by molar-refractivity contribution is 6.75. The van der Waals surface area contributed by atoms with Crippen LogP contribution in [0, 0.1) is 0 Å². The van der Waals surface area contributed by atoms with Gasteiger partial charge in [0, 0.05) is 25.0 Å². The van der Waals surface area contributed by atoms with E-state index in [1.54, 1.807) is 0 Å². The first kappa shape index (κ1) is 17.4. The lowest BCUT2D eigenvalue weighted by Gasteiger charge is -2.29. The Labute approximate surface area is 124 Å². The van der Waals surface area contributed by atoms with Crippen molar-refractivity contribution in [2.24, 2.45) is 0 Å². The predicted molar refractivity (Wildman–Crippen MR) is 85.2 cm³/mol. The van der Waals surface area contributed by atoms with E-state index < -0.39 is 8.80 Å². The van der Waals surface area contributed by atoms with E-state index in [4.69, 9.17) is 13.3 Å². The van der Waals surface area contributed by atoms with Gasteiger partial charge >= 0.3 is 8.80 Å². The highest BCUT2D eigenvalue weighted by Crippen LogP contribution is 2.12. The van der Waals surface area contributed by atoms with Gasteiger partial charge in [0.05, 0.1) is 0 Å². The molecule has 20 heavy (non-hydrogen) atoms. The first-order valence-corrected chi connectivity index (χ1v) is 9.49. The van der Waals surface area contributed by atoms with Gasteiger partial charge in [-0.15, -0.1) is 0 Å². The quantitative estimate of drug-likeness (QED) is 0.462. The third-order valence-corrected chi connectivity index (χ3v) is 6.05. The Kier molecular flexibility index (Phi) is 8.77. The smallest absolute Gasteiger partial charge is 0.370 e. The average molecular weight is 296 g/mol. The monoisotopic (exact) mass is 296 g/mol. The molecule has 0 saturated carbocycles. The maximum Gasteiger partial charge on any atom is 0.537 e. The van der Waals surface area contributed by atoms with Crippen molar-refractivity contribution in [3.8, 4) is 0 Å². The standard InChI is InChI=1S/C16H28O3Si/c1-4-7-8-12-15-19-20(17-5-2,18-6-3)16-13-10-9-11-14-16/h9-11,13-14H,4-8,12,15H2,1-3H3. The van der Waals surface area contributed by atoms with Crippen molar-refractivity contribution in [1.82, 2.24) is 0 Å². The van der Waals surface area contributed by atoms with Crippen molar-refractivity contribution in [2.75, 3.05) is 19.8 Å². The Morgan fingerprint density at radius 2 is 1.45 bits per heavy atom. The molecule has 0 aliphatic heterocycles. The van der Waals surface area contributed by atoms with Gasteiger partial charge < -0.3 is 13.3 Å². The van der Waals surface area contributed by atoms with Gasteiger partial charge in [-0.25, -0.2) is 0 Å². The van der Waals surface area contributed by atoms with E-state index in [9.17, 15) is 0 Å². The van der Waals surface area contributed by atoms with Crippen molar-refractivity contribution in [3.05, 3.63) is 30.3 Å². The summed E-state index contributed by atoms with van der Waals surface area (Å²) >= 11 is 0. The number of unbranched alkanes of at least 4 members (excludes halogenated alkanes) is 3.